The number of aromatic nitrogens is 2. The van der Waals surface area contributed by atoms with Gasteiger partial charge in [0.1, 0.15) is 5.01 Å². The molecule has 0 aromatic carbocycles. The molecule has 1 N–H and O–H groups in total. The Hall–Kier alpha value is -1.50. The van der Waals surface area contributed by atoms with E-state index >= 15 is 0 Å². The van der Waals surface area contributed by atoms with Crippen molar-refractivity contribution in [3.8, 4) is 0 Å². The predicted octanol–water partition coefficient (Wildman–Crippen LogP) is 2.96. The molecule has 134 valence electrons. The fourth-order valence-electron chi connectivity index (χ4n) is 2.79. The summed E-state index contributed by atoms with van der Waals surface area (Å²) in [5.41, 5.74) is -0.413. The van der Waals surface area contributed by atoms with E-state index in [0.29, 0.717) is 17.6 Å². The lowest BCUT2D eigenvalue weighted by Crippen LogP contribution is -2.47. The number of rotatable bonds is 4. The van der Waals surface area contributed by atoms with Crippen LogP contribution in [0.25, 0.3) is 0 Å². The monoisotopic (exact) mass is 352 g/mol. The molecule has 0 spiro atoms. The number of carbonyl (C=O) groups is 2. The summed E-state index contributed by atoms with van der Waals surface area (Å²) in [5, 5.41) is 12.5. The number of hydrogen-bond donors (Lipinski definition) is 1. The lowest BCUT2D eigenvalue weighted by molar-refractivity contribution is -0.142. The standard InChI is InChI=1S/C17H28N4O2S/c1-11(2)9-13-19-20-16(24-13)18-14(22)12-7-6-8-21(10-12)15(23)17(3,4)5/h11-12H,6-10H2,1-5H3,(H,18,20,22). The van der Waals surface area contributed by atoms with Gasteiger partial charge in [0.05, 0.1) is 5.92 Å². The highest BCUT2D eigenvalue weighted by atomic mass is 32.1. The van der Waals surface area contributed by atoms with Crippen molar-refractivity contribution >= 4 is 28.3 Å². The van der Waals surface area contributed by atoms with Gasteiger partial charge in [0.15, 0.2) is 0 Å². The molecule has 0 saturated carbocycles. The lowest BCUT2D eigenvalue weighted by Gasteiger charge is -2.35. The molecule has 1 aromatic rings. The van der Waals surface area contributed by atoms with Crippen LogP contribution in [0.1, 0.15) is 52.5 Å². The Bertz CT molecular complexity index is 592. The van der Waals surface area contributed by atoms with Crippen molar-refractivity contribution in [2.45, 2.75) is 53.9 Å². The molecule has 0 aliphatic carbocycles. The van der Waals surface area contributed by atoms with Gasteiger partial charge in [-0.05, 0) is 18.8 Å². The number of hydrogen-bond acceptors (Lipinski definition) is 5. The molecule has 1 aromatic heterocycles. The topological polar surface area (TPSA) is 75.2 Å². The molecule has 0 bridgehead atoms. The first kappa shape index (κ1) is 18.8. The van der Waals surface area contributed by atoms with Gasteiger partial charge in [0.2, 0.25) is 16.9 Å². The third-order valence-corrected chi connectivity index (χ3v) is 4.86. The molecule has 6 nitrogen and oxygen atoms in total. The van der Waals surface area contributed by atoms with Crippen LogP contribution in [0.5, 0.6) is 0 Å². The van der Waals surface area contributed by atoms with E-state index < -0.39 is 5.41 Å². The number of nitrogens with zero attached hydrogens (tertiary/aromatic N) is 3. The minimum Gasteiger partial charge on any atom is -0.341 e. The quantitative estimate of drug-likeness (QED) is 0.904. The van der Waals surface area contributed by atoms with E-state index in [4.69, 9.17) is 0 Å². The fraction of sp³-hybridized carbons (Fsp3) is 0.765. The SMILES string of the molecule is CC(C)Cc1nnc(NC(=O)C2CCCN(C(=O)C(C)(C)C)C2)s1. The molecule has 2 rings (SSSR count). The molecule has 2 heterocycles. The van der Waals surface area contributed by atoms with Crippen molar-refractivity contribution in [1.82, 2.24) is 15.1 Å². The first-order chi connectivity index (χ1) is 11.2. The number of amides is 2. The Morgan fingerprint density at radius 1 is 1.33 bits per heavy atom. The van der Waals surface area contributed by atoms with Crippen LogP contribution in [0.2, 0.25) is 0 Å². The van der Waals surface area contributed by atoms with Crippen LogP contribution in [-0.4, -0.2) is 40.0 Å². The van der Waals surface area contributed by atoms with E-state index in [1.807, 2.05) is 25.7 Å². The van der Waals surface area contributed by atoms with Gasteiger partial charge < -0.3 is 10.2 Å². The van der Waals surface area contributed by atoms with Gasteiger partial charge in [-0.1, -0.05) is 46.0 Å². The normalized spacial score (nSPS) is 18.8. The molecular weight excluding hydrogens is 324 g/mol. The maximum Gasteiger partial charge on any atom is 0.231 e. The molecule has 7 heteroatoms. The van der Waals surface area contributed by atoms with E-state index in [9.17, 15) is 9.59 Å². The molecule has 1 unspecified atom stereocenters. The Labute approximate surface area is 148 Å². The van der Waals surface area contributed by atoms with E-state index in [1.165, 1.54) is 11.3 Å². The Morgan fingerprint density at radius 3 is 2.67 bits per heavy atom. The average molecular weight is 353 g/mol. The summed E-state index contributed by atoms with van der Waals surface area (Å²) in [7, 11) is 0. The Balaban J connectivity index is 1.94. The second kappa shape index (κ2) is 7.59. The van der Waals surface area contributed by atoms with Gasteiger partial charge in [0.25, 0.3) is 0 Å². The highest BCUT2D eigenvalue weighted by molar-refractivity contribution is 7.15. The van der Waals surface area contributed by atoms with Crippen LogP contribution in [0.15, 0.2) is 0 Å². The van der Waals surface area contributed by atoms with Crippen molar-refractivity contribution in [2.24, 2.45) is 17.3 Å². The predicted molar refractivity (Wildman–Crippen MR) is 95.8 cm³/mol. The number of likely N-dealkylation sites (tertiary alicyclic amines) is 1. The molecule has 0 radical (unpaired) electrons. The first-order valence-electron chi connectivity index (χ1n) is 8.59. The summed E-state index contributed by atoms with van der Waals surface area (Å²) >= 11 is 1.43. The van der Waals surface area contributed by atoms with Gasteiger partial charge in [0, 0.05) is 24.9 Å². The summed E-state index contributed by atoms with van der Waals surface area (Å²) in [6.45, 7) is 11.2. The summed E-state index contributed by atoms with van der Waals surface area (Å²) in [6.07, 6.45) is 2.52. The zero-order valence-corrected chi connectivity index (χ0v) is 16.1. The highest BCUT2D eigenvalue weighted by Gasteiger charge is 2.33. The first-order valence-corrected chi connectivity index (χ1v) is 9.41. The van der Waals surface area contributed by atoms with Crippen molar-refractivity contribution < 1.29 is 9.59 Å². The van der Waals surface area contributed by atoms with E-state index in [1.54, 1.807) is 0 Å². The molecular formula is C17H28N4O2S. The summed E-state index contributed by atoms with van der Waals surface area (Å²) < 4.78 is 0. The summed E-state index contributed by atoms with van der Waals surface area (Å²) in [5.74, 6) is 0.378. The van der Waals surface area contributed by atoms with Crippen LogP contribution in [-0.2, 0) is 16.0 Å². The smallest absolute Gasteiger partial charge is 0.231 e. The van der Waals surface area contributed by atoms with Crippen LogP contribution in [0, 0.1) is 17.3 Å². The maximum absolute atomic E-state index is 12.5. The van der Waals surface area contributed by atoms with E-state index in [2.05, 4.69) is 29.4 Å². The Morgan fingerprint density at radius 2 is 2.04 bits per heavy atom. The average Bonchev–Trinajstić information content (AvgIpc) is 2.91. The number of anilines is 1. The van der Waals surface area contributed by atoms with Crippen molar-refractivity contribution in [3.63, 3.8) is 0 Å². The molecule has 1 atom stereocenters. The van der Waals surface area contributed by atoms with E-state index in [-0.39, 0.29) is 17.7 Å². The third-order valence-electron chi connectivity index (χ3n) is 4.00. The van der Waals surface area contributed by atoms with Crippen LogP contribution in [0.4, 0.5) is 5.13 Å². The van der Waals surface area contributed by atoms with Crippen LogP contribution in [0.3, 0.4) is 0 Å². The second-order valence-electron chi connectivity index (χ2n) is 7.93. The lowest BCUT2D eigenvalue weighted by atomic mass is 9.91. The highest BCUT2D eigenvalue weighted by Crippen LogP contribution is 2.25. The summed E-state index contributed by atoms with van der Waals surface area (Å²) in [6, 6.07) is 0. The van der Waals surface area contributed by atoms with Gasteiger partial charge in [-0.15, -0.1) is 10.2 Å². The molecule has 2 amide bonds. The fourth-order valence-corrected chi connectivity index (χ4v) is 3.75. The number of nitrogens with one attached hydrogen (secondary N) is 1. The zero-order chi connectivity index (χ0) is 17.9. The summed E-state index contributed by atoms with van der Waals surface area (Å²) in [4.78, 5) is 26.8. The van der Waals surface area contributed by atoms with E-state index in [0.717, 1.165) is 30.8 Å². The molecule has 1 aliphatic heterocycles. The zero-order valence-electron chi connectivity index (χ0n) is 15.3. The largest absolute Gasteiger partial charge is 0.341 e. The number of piperidine rings is 1. The van der Waals surface area contributed by atoms with Crippen molar-refractivity contribution in [1.29, 1.82) is 0 Å². The molecule has 1 saturated heterocycles. The van der Waals surface area contributed by atoms with Crippen LogP contribution >= 0.6 is 11.3 Å². The third kappa shape index (κ3) is 5.00. The van der Waals surface area contributed by atoms with Gasteiger partial charge in [-0.25, -0.2) is 0 Å². The Kier molecular flexibility index (Phi) is 5.96. The number of carbonyl (C=O) groups excluding carboxylic acids is 2. The van der Waals surface area contributed by atoms with Crippen LogP contribution < -0.4 is 5.32 Å². The van der Waals surface area contributed by atoms with Gasteiger partial charge in [-0.2, -0.15) is 0 Å². The van der Waals surface area contributed by atoms with Gasteiger partial charge in [-0.3, -0.25) is 9.59 Å². The minimum atomic E-state index is -0.413. The maximum atomic E-state index is 12.5. The molecule has 24 heavy (non-hydrogen) atoms. The minimum absolute atomic E-state index is 0.0614. The second-order valence-corrected chi connectivity index (χ2v) is 8.99. The van der Waals surface area contributed by atoms with Gasteiger partial charge >= 0.3 is 0 Å². The molecule has 1 fully saturated rings. The van der Waals surface area contributed by atoms with Crippen molar-refractivity contribution in [3.05, 3.63) is 5.01 Å². The van der Waals surface area contributed by atoms with Crippen molar-refractivity contribution in [2.75, 3.05) is 18.4 Å². The molecule has 1 aliphatic rings.